The van der Waals surface area contributed by atoms with Crippen LogP contribution in [-0.4, -0.2) is 21.0 Å². The lowest BCUT2D eigenvalue weighted by Gasteiger charge is -2.13. The molecule has 8 heteroatoms. The SMILES string of the molecule is CCOC(=O)c1ccc(NS(=O)(=O)c2cc(Cl)ccc2Cl)c(C)c1. The van der Waals surface area contributed by atoms with Crippen molar-refractivity contribution in [1.29, 1.82) is 0 Å². The first-order chi connectivity index (χ1) is 11.2. The predicted molar refractivity (Wildman–Crippen MR) is 94.4 cm³/mol. The number of benzene rings is 2. The summed E-state index contributed by atoms with van der Waals surface area (Å²) in [6.07, 6.45) is 0. The zero-order chi connectivity index (χ0) is 17.9. The van der Waals surface area contributed by atoms with Crippen molar-refractivity contribution < 1.29 is 17.9 Å². The molecule has 128 valence electrons. The Morgan fingerprint density at radius 1 is 1.17 bits per heavy atom. The average molecular weight is 388 g/mol. The molecule has 24 heavy (non-hydrogen) atoms. The number of rotatable bonds is 5. The van der Waals surface area contributed by atoms with Crippen molar-refractivity contribution >= 4 is 44.9 Å². The van der Waals surface area contributed by atoms with E-state index < -0.39 is 16.0 Å². The Bertz CT molecular complexity index is 882. The first kappa shape index (κ1) is 18.6. The van der Waals surface area contributed by atoms with E-state index in [4.69, 9.17) is 27.9 Å². The Hall–Kier alpha value is -1.76. The molecule has 5 nitrogen and oxygen atoms in total. The van der Waals surface area contributed by atoms with Crippen LogP contribution in [0.2, 0.25) is 10.0 Å². The summed E-state index contributed by atoms with van der Waals surface area (Å²) in [5, 5.41) is 0.321. The fourth-order valence-corrected chi connectivity index (χ4v) is 3.90. The summed E-state index contributed by atoms with van der Waals surface area (Å²) >= 11 is 11.8. The van der Waals surface area contributed by atoms with E-state index in [1.807, 2.05) is 0 Å². The number of sulfonamides is 1. The highest BCUT2D eigenvalue weighted by Crippen LogP contribution is 2.28. The second-order valence-corrected chi connectivity index (χ2v) is 7.42. The quantitative estimate of drug-likeness (QED) is 0.776. The number of esters is 1. The summed E-state index contributed by atoms with van der Waals surface area (Å²) in [7, 11) is -3.91. The minimum absolute atomic E-state index is 0.0627. The summed E-state index contributed by atoms with van der Waals surface area (Å²) in [4.78, 5) is 11.6. The second-order valence-electron chi connectivity index (χ2n) is 4.93. The van der Waals surface area contributed by atoms with Gasteiger partial charge >= 0.3 is 5.97 Å². The van der Waals surface area contributed by atoms with E-state index in [2.05, 4.69) is 4.72 Å². The first-order valence-electron chi connectivity index (χ1n) is 7.00. The molecule has 0 aliphatic rings. The maximum Gasteiger partial charge on any atom is 0.338 e. The van der Waals surface area contributed by atoms with Gasteiger partial charge in [-0.3, -0.25) is 4.72 Å². The summed E-state index contributed by atoms with van der Waals surface area (Å²) in [6, 6.07) is 8.72. The van der Waals surface area contributed by atoms with Crippen molar-refractivity contribution in [2.75, 3.05) is 11.3 Å². The summed E-state index contributed by atoms with van der Waals surface area (Å²) in [5.74, 6) is -0.465. The van der Waals surface area contributed by atoms with Gasteiger partial charge in [-0.2, -0.15) is 0 Å². The standard InChI is InChI=1S/C16H15Cl2NO4S/c1-3-23-16(20)11-4-7-14(10(2)8-11)19-24(21,22)15-9-12(17)5-6-13(15)18/h4-9,19H,3H2,1-2H3. The van der Waals surface area contributed by atoms with E-state index in [9.17, 15) is 13.2 Å². The molecule has 0 radical (unpaired) electrons. The van der Waals surface area contributed by atoms with Crippen molar-refractivity contribution in [3.8, 4) is 0 Å². The van der Waals surface area contributed by atoms with Crippen molar-refractivity contribution in [1.82, 2.24) is 0 Å². The third-order valence-corrected chi connectivity index (χ3v) is 5.25. The van der Waals surface area contributed by atoms with Gasteiger partial charge in [0.25, 0.3) is 10.0 Å². The zero-order valence-electron chi connectivity index (χ0n) is 13.0. The number of anilines is 1. The first-order valence-corrected chi connectivity index (χ1v) is 9.24. The number of carbonyl (C=O) groups excluding carboxylic acids is 1. The van der Waals surface area contributed by atoms with Gasteiger partial charge in [0.1, 0.15) is 4.90 Å². The lowest BCUT2D eigenvalue weighted by Crippen LogP contribution is -2.15. The number of hydrogen-bond donors (Lipinski definition) is 1. The average Bonchev–Trinajstić information content (AvgIpc) is 2.51. The van der Waals surface area contributed by atoms with Crippen LogP contribution in [0.25, 0.3) is 0 Å². The highest BCUT2D eigenvalue weighted by atomic mass is 35.5. The predicted octanol–water partition coefficient (Wildman–Crippen LogP) is 4.28. The molecule has 0 spiro atoms. The number of ether oxygens (including phenoxy) is 1. The molecule has 0 saturated heterocycles. The number of halogens is 2. The van der Waals surface area contributed by atoms with Gasteiger partial charge in [-0.05, 0) is 55.8 Å². The van der Waals surface area contributed by atoms with Crippen LogP contribution in [0, 0.1) is 6.92 Å². The molecule has 0 amide bonds. The van der Waals surface area contributed by atoms with Crippen LogP contribution in [0.5, 0.6) is 0 Å². The monoisotopic (exact) mass is 387 g/mol. The van der Waals surface area contributed by atoms with Gasteiger partial charge in [-0.15, -0.1) is 0 Å². The van der Waals surface area contributed by atoms with Crippen LogP contribution in [0.15, 0.2) is 41.3 Å². The molecule has 0 saturated carbocycles. The Morgan fingerprint density at radius 3 is 2.50 bits per heavy atom. The number of aryl methyl sites for hydroxylation is 1. The number of carbonyl (C=O) groups is 1. The molecule has 0 atom stereocenters. The summed E-state index contributed by atoms with van der Waals surface area (Å²) in [5.41, 5.74) is 1.25. The Labute approximate surface area is 150 Å². The molecule has 1 N–H and O–H groups in total. The molecule has 0 bridgehead atoms. The van der Waals surface area contributed by atoms with Crippen molar-refractivity contribution in [2.45, 2.75) is 18.7 Å². The van der Waals surface area contributed by atoms with Crippen LogP contribution in [0.4, 0.5) is 5.69 Å². The molecular weight excluding hydrogens is 373 g/mol. The zero-order valence-corrected chi connectivity index (χ0v) is 15.3. The van der Waals surface area contributed by atoms with E-state index in [1.54, 1.807) is 19.9 Å². The van der Waals surface area contributed by atoms with Gasteiger partial charge in [0.15, 0.2) is 0 Å². The van der Waals surface area contributed by atoms with E-state index in [0.717, 1.165) is 0 Å². The lowest BCUT2D eigenvalue weighted by molar-refractivity contribution is 0.0526. The molecule has 0 unspecified atom stereocenters. The Kier molecular flexibility index (Phi) is 5.74. The fraction of sp³-hybridized carbons (Fsp3) is 0.188. The Balaban J connectivity index is 2.33. The van der Waals surface area contributed by atoms with Crippen LogP contribution >= 0.6 is 23.2 Å². The molecule has 0 heterocycles. The van der Waals surface area contributed by atoms with Crippen molar-refractivity contribution in [2.24, 2.45) is 0 Å². The van der Waals surface area contributed by atoms with Crippen LogP contribution in [0.1, 0.15) is 22.8 Å². The summed E-state index contributed by atoms with van der Waals surface area (Å²) in [6.45, 7) is 3.65. The maximum atomic E-state index is 12.5. The third-order valence-electron chi connectivity index (χ3n) is 3.16. The molecule has 0 aliphatic carbocycles. The second kappa shape index (κ2) is 7.42. The van der Waals surface area contributed by atoms with Crippen LogP contribution in [-0.2, 0) is 14.8 Å². The minimum Gasteiger partial charge on any atom is -0.462 e. The van der Waals surface area contributed by atoms with Gasteiger partial charge in [-0.1, -0.05) is 23.2 Å². The molecule has 0 fully saturated rings. The molecular formula is C16H15Cl2NO4S. The Morgan fingerprint density at radius 2 is 1.88 bits per heavy atom. The van der Waals surface area contributed by atoms with E-state index >= 15 is 0 Å². The topological polar surface area (TPSA) is 72.5 Å². The largest absolute Gasteiger partial charge is 0.462 e. The van der Waals surface area contributed by atoms with Crippen LogP contribution < -0.4 is 4.72 Å². The maximum absolute atomic E-state index is 12.5. The van der Waals surface area contributed by atoms with E-state index in [1.165, 1.54) is 30.3 Å². The van der Waals surface area contributed by atoms with Gasteiger partial charge in [-0.25, -0.2) is 13.2 Å². The molecule has 0 aliphatic heterocycles. The molecule has 0 aromatic heterocycles. The lowest BCUT2D eigenvalue weighted by atomic mass is 10.1. The van der Waals surface area contributed by atoms with Gasteiger partial charge < -0.3 is 4.74 Å². The highest BCUT2D eigenvalue weighted by Gasteiger charge is 2.20. The van der Waals surface area contributed by atoms with Gasteiger partial charge in [0, 0.05) is 5.02 Å². The van der Waals surface area contributed by atoms with Crippen LogP contribution in [0.3, 0.4) is 0 Å². The highest BCUT2D eigenvalue weighted by molar-refractivity contribution is 7.92. The summed E-state index contributed by atoms with van der Waals surface area (Å²) < 4.78 is 32.4. The van der Waals surface area contributed by atoms with E-state index in [0.29, 0.717) is 16.8 Å². The molecule has 2 aromatic rings. The van der Waals surface area contributed by atoms with Crippen molar-refractivity contribution in [3.63, 3.8) is 0 Å². The smallest absolute Gasteiger partial charge is 0.338 e. The number of hydrogen-bond acceptors (Lipinski definition) is 4. The molecule has 2 rings (SSSR count). The molecule has 2 aromatic carbocycles. The van der Waals surface area contributed by atoms with E-state index in [-0.39, 0.29) is 21.5 Å². The normalized spacial score (nSPS) is 11.2. The fourth-order valence-electron chi connectivity index (χ4n) is 2.00. The van der Waals surface area contributed by atoms with Gasteiger partial charge in [0.2, 0.25) is 0 Å². The third kappa shape index (κ3) is 4.20. The number of nitrogens with one attached hydrogen (secondary N) is 1. The minimum atomic E-state index is -3.91. The van der Waals surface area contributed by atoms with Crippen molar-refractivity contribution in [3.05, 3.63) is 57.6 Å². The van der Waals surface area contributed by atoms with Gasteiger partial charge in [0.05, 0.1) is 22.9 Å².